The lowest BCUT2D eigenvalue weighted by molar-refractivity contribution is -0.143. The van der Waals surface area contributed by atoms with Crippen LogP contribution in [0.1, 0.15) is 12.8 Å². The van der Waals surface area contributed by atoms with E-state index in [9.17, 15) is 24.0 Å². The summed E-state index contributed by atoms with van der Waals surface area (Å²) in [6.07, 6.45) is -1.56. The van der Waals surface area contributed by atoms with Gasteiger partial charge in [-0.05, 0) is 0 Å². The normalized spacial score (nSPS) is 14.2. The third kappa shape index (κ3) is 8.01. The van der Waals surface area contributed by atoms with Crippen LogP contribution in [0.4, 0.5) is 0 Å². The van der Waals surface area contributed by atoms with Crippen LogP contribution in [0.2, 0.25) is 0 Å². The number of amides is 2. The summed E-state index contributed by atoms with van der Waals surface area (Å²) >= 11 is 3.72. The van der Waals surface area contributed by atoms with Crippen molar-refractivity contribution in [2.45, 2.75) is 31.0 Å². The lowest BCUT2D eigenvalue weighted by atomic mass is 10.1. The van der Waals surface area contributed by atoms with E-state index in [0.717, 1.165) is 0 Å². The second-order valence-corrected chi connectivity index (χ2v) is 4.81. The molecule has 11 nitrogen and oxygen atoms in total. The van der Waals surface area contributed by atoms with Gasteiger partial charge in [0.05, 0.1) is 18.9 Å². The van der Waals surface area contributed by atoms with Gasteiger partial charge in [0.15, 0.2) is 0 Å². The zero-order chi connectivity index (χ0) is 18.2. The van der Waals surface area contributed by atoms with Crippen molar-refractivity contribution in [1.29, 1.82) is 0 Å². The molecule has 0 radical (unpaired) electrons. The average molecular weight is 351 g/mol. The van der Waals surface area contributed by atoms with E-state index >= 15 is 0 Å². The number of carbonyl (C=O) groups is 5. The van der Waals surface area contributed by atoms with Gasteiger partial charge in [0.1, 0.15) is 12.1 Å². The van der Waals surface area contributed by atoms with Gasteiger partial charge in [-0.1, -0.05) is 0 Å². The van der Waals surface area contributed by atoms with Crippen LogP contribution >= 0.6 is 12.6 Å². The molecule has 0 spiro atoms. The largest absolute Gasteiger partial charge is 0.481 e. The van der Waals surface area contributed by atoms with Crippen LogP contribution in [0.3, 0.4) is 0 Å². The molecule has 0 fully saturated rings. The first-order chi connectivity index (χ1) is 10.6. The molecule has 23 heavy (non-hydrogen) atoms. The van der Waals surface area contributed by atoms with Crippen molar-refractivity contribution in [1.82, 2.24) is 10.6 Å². The Hall–Kier alpha value is -2.34. The fourth-order valence-electron chi connectivity index (χ4n) is 1.40. The molecule has 0 aliphatic heterocycles. The molecule has 0 unspecified atom stereocenters. The number of hydrogen-bond donors (Lipinski definition) is 7. The Balaban J connectivity index is 4.96. The third-order valence-corrected chi connectivity index (χ3v) is 2.91. The Morgan fingerprint density at radius 2 is 1.35 bits per heavy atom. The van der Waals surface area contributed by atoms with E-state index in [4.69, 9.17) is 21.1 Å². The van der Waals surface area contributed by atoms with Crippen LogP contribution in [0.5, 0.6) is 0 Å². The lowest BCUT2D eigenvalue weighted by Crippen LogP contribution is -2.55. The number of aliphatic carboxylic acids is 3. The van der Waals surface area contributed by atoms with E-state index in [1.54, 1.807) is 0 Å². The minimum absolute atomic E-state index is 0.257. The number of nitrogens with two attached hydrogens (primary N) is 1. The highest BCUT2D eigenvalue weighted by atomic mass is 32.1. The van der Waals surface area contributed by atoms with Gasteiger partial charge in [0.2, 0.25) is 11.8 Å². The van der Waals surface area contributed by atoms with Gasteiger partial charge < -0.3 is 31.7 Å². The summed E-state index contributed by atoms with van der Waals surface area (Å²) in [6, 6.07) is -4.48. The molecule has 0 aromatic rings. The van der Waals surface area contributed by atoms with Crippen LogP contribution < -0.4 is 16.4 Å². The van der Waals surface area contributed by atoms with Crippen LogP contribution in [0.15, 0.2) is 0 Å². The maximum atomic E-state index is 11.9. The van der Waals surface area contributed by atoms with Gasteiger partial charge in [-0.2, -0.15) is 12.6 Å². The number of carboxylic acid groups (broad SMARTS) is 3. The van der Waals surface area contributed by atoms with Gasteiger partial charge >= 0.3 is 17.9 Å². The molecule has 7 N–H and O–H groups in total. The Morgan fingerprint density at radius 1 is 0.870 bits per heavy atom. The highest BCUT2D eigenvalue weighted by Crippen LogP contribution is 1.99. The first-order valence-corrected chi connectivity index (χ1v) is 6.85. The maximum Gasteiger partial charge on any atom is 0.327 e. The van der Waals surface area contributed by atoms with Crippen molar-refractivity contribution in [3.05, 3.63) is 0 Å². The number of thiol groups is 1. The standard InChI is InChI=1S/C11H17N3O8S/c12-4(1-7(15)16)9(19)13-5(2-8(17)18)10(20)14-6(3-23)11(21)22/h4-6,23H,1-3,12H2,(H,13,19)(H,14,20)(H,15,16)(H,17,18)(H,21,22)/t4-,5-,6-/m0/s1. The SMILES string of the molecule is N[C@@H](CC(=O)O)C(=O)N[C@@H](CC(=O)O)C(=O)N[C@@H](CS)C(=O)O. The Morgan fingerprint density at radius 3 is 1.74 bits per heavy atom. The van der Waals surface area contributed by atoms with Gasteiger partial charge in [-0.25, -0.2) is 4.79 Å². The number of rotatable bonds is 10. The molecule has 0 saturated heterocycles. The smallest absolute Gasteiger partial charge is 0.327 e. The van der Waals surface area contributed by atoms with Gasteiger partial charge in [-0.15, -0.1) is 0 Å². The first kappa shape index (κ1) is 20.7. The highest BCUT2D eigenvalue weighted by molar-refractivity contribution is 7.80. The maximum absolute atomic E-state index is 11.9. The number of carbonyl (C=O) groups excluding carboxylic acids is 2. The van der Waals surface area contributed by atoms with Crippen molar-refractivity contribution >= 4 is 42.4 Å². The minimum atomic E-state index is -1.61. The van der Waals surface area contributed by atoms with Crippen LogP contribution in [-0.4, -0.2) is 68.9 Å². The molecule has 0 aliphatic rings. The predicted octanol–water partition coefficient (Wildman–Crippen LogP) is -2.75. The van der Waals surface area contributed by atoms with Crippen molar-refractivity contribution in [3.8, 4) is 0 Å². The van der Waals surface area contributed by atoms with Crippen molar-refractivity contribution in [2.75, 3.05) is 5.75 Å². The minimum Gasteiger partial charge on any atom is -0.481 e. The van der Waals surface area contributed by atoms with Crippen LogP contribution in [0, 0.1) is 0 Å². The molecule has 130 valence electrons. The highest BCUT2D eigenvalue weighted by Gasteiger charge is 2.29. The van der Waals surface area contributed by atoms with E-state index in [-0.39, 0.29) is 5.75 Å². The molecule has 0 aromatic heterocycles. The van der Waals surface area contributed by atoms with E-state index in [0.29, 0.717) is 0 Å². The molecule has 0 bridgehead atoms. The number of carboxylic acids is 3. The van der Waals surface area contributed by atoms with Crippen LogP contribution in [-0.2, 0) is 24.0 Å². The van der Waals surface area contributed by atoms with E-state index in [1.165, 1.54) is 0 Å². The summed E-state index contributed by atoms with van der Waals surface area (Å²) in [5, 5.41) is 30.1. The van der Waals surface area contributed by atoms with E-state index < -0.39 is 60.7 Å². The van der Waals surface area contributed by atoms with E-state index in [1.807, 2.05) is 10.6 Å². The fourth-order valence-corrected chi connectivity index (χ4v) is 1.65. The molecule has 0 aliphatic carbocycles. The lowest BCUT2D eigenvalue weighted by Gasteiger charge is -2.20. The molecular weight excluding hydrogens is 334 g/mol. The number of hydrogen-bond acceptors (Lipinski definition) is 7. The summed E-state index contributed by atoms with van der Waals surface area (Å²) in [5.41, 5.74) is 5.29. The van der Waals surface area contributed by atoms with Crippen molar-refractivity contribution < 1.29 is 39.3 Å². The quantitative estimate of drug-likeness (QED) is 0.204. The van der Waals surface area contributed by atoms with Gasteiger partial charge in [0.25, 0.3) is 0 Å². The molecule has 0 rings (SSSR count). The summed E-state index contributed by atoms with van der Waals surface area (Å²) in [4.78, 5) is 55.6. The Bertz CT molecular complexity index is 498. The molecule has 12 heteroatoms. The van der Waals surface area contributed by atoms with Gasteiger partial charge in [0, 0.05) is 5.75 Å². The van der Waals surface area contributed by atoms with Crippen molar-refractivity contribution in [3.63, 3.8) is 0 Å². The molecule has 0 heterocycles. The number of nitrogens with one attached hydrogen (secondary N) is 2. The van der Waals surface area contributed by atoms with Gasteiger partial charge in [-0.3, -0.25) is 19.2 Å². The second-order valence-electron chi connectivity index (χ2n) is 4.45. The van der Waals surface area contributed by atoms with E-state index in [2.05, 4.69) is 12.6 Å². The molecule has 0 aromatic carbocycles. The monoisotopic (exact) mass is 351 g/mol. The molecular formula is C11H17N3O8S. The first-order valence-electron chi connectivity index (χ1n) is 6.22. The fraction of sp³-hybridized carbons (Fsp3) is 0.545. The third-order valence-electron chi connectivity index (χ3n) is 2.54. The zero-order valence-corrected chi connectivity index (χ0v) is 12.7. The Kier molecular flexibility index (Phi) is 8.65. The predicted molar refractivity (Wildman–Crippen MR) is 77.8 cm³/mol. The van der Waals surface area contributed by atoms with Crippen LogP contribution in [0.25, 0.3) is 0 Å². The Labute approximate surface area is 135 Å². The summed E-state index contributed by atoms with van der Waals surface area (Å²) < 4.78 is 0. The summed E-state index contributed by atoms with van der Waals surface area (Å²) in [5.74, 6) is -6.55. The second kappa shape index (κ2) is 9.63. The van der Waals surface area contributed by atoms with Crippen molar-refractivity contribution in [2.24, 2.45) is 5.73 Å². The summed E-state index contributed by atoms with van der Waals surface area (Å²) in [7, 11) is 0. The molecule has 0 saturated carbocycles. The summed E-state index contributed by atoms with van der Waals surface area (Å²) in [6.45, 7) is 0. The zero-order valence-electron chi connectivity index (χ0n) is 11.8. The molecule has 2 amide bonds. The molecule has 3 atom stereocenters. The topological polar surface area (TPSA) is 196 Å². The average Bonchev–Trinajstić information content (AvgIpc) is 2.41.